The maximum atomic E-state index is 12.7. The number of phenolic OH excluding ortho intramolecular Hbond substituents is 1. The molecule has 4 rings (SSSR count). The second-order valence-corrected chi connectivity index (χ2v) is 9.05. The number of amides is 1. The highest BCUT2D eigenvalue weighted by Gasteiger charge is 2.22. The first-order chi connectivity index (χ1) is 16.0. The van der Waals surface area contributed by atoms with Crippen molar-refractivity contribution in [2.75, 3.05) is 39.5 Å². The Morgan fingerprint density at radius 3 is 2.76 bits per heavy atom. The zero-order valence-corrected chi connectivity index (χ0v) is 19.3. The van der Waals surface area contributed by atoms with Crippen molar-refractivity contribution in [3.05, 3.63) is 48.0 Å². The van der Waals surface area contributed by atoms with E-state index in [1.54, 1.807) is 24.3 Å². The van der Waals surface area contributed by atoms with Gasteiger partial charge in [-0.3, -0.25) is 4.79 Å². The molecule has 1 fully saturated rings. The smallest absolute Gasteiger partial charge is 0.223 e. The highest BCUT2D eigenvalue weighted by Crippen LogP contribution is 2.31. The molecular formula is C26H34N2O5. The molecule has 0 aromatic heterocycles. The van der Waals surface area contributed by atoms with Crippen LogP contribution in [-0.2, 0) is 11.2 Å². The molecule has 7 nitrogen and oxygen atoms in total. The molecule has 0 radical (unpaired) electrons. The van der Waals surface area contributed by atoms with Gasteiger partial charge in [0, 0.05) is 19.1 Å². The fourth-order valence-corrected chi connectivity index (χ4v) is 4.53. The third-order valence-corrected chi connectivity index (χ3v) is 6.11. The standard InChI is InChI=1S/C26H34N2O5/c1-19-3-2-11-28(17-19)18-21(15-20-4-9-24-25(16-20)33-14-13-32-24)27-26(30)10-12-31-23-7-5-22(29)6-8-23/h4-9,16,19,21,29H,2-3,10-15,17-18H2,1H3,(H,27,30)/t19?,21-/m0/s1. The summed E-state index contributed by atoms with van der Waals surface area (Å²) < 4.78 is 17.0. The van der Waals surface area contributed by atoms with Crippen LogP contribution in [0.5, 0.6) is 23.0 Å². The van der Waals surface area contributed by atoms with Gasteiger partial charge in [-0.15, -0.1) is 0 Å². The number of hydrogen-bond acceptors (Lipinski definition) is 6. The summed E-state index contributed by atoms with van der Waals surface area (Å²) in [5.74, 6) is 3.04. The number of carbonyl (C=O) groups is 1. The molecule has 2 N–H and O–H groups in total. The van der Waals surface area contributed by atoms with Crippen molar-refractivity contribution in [3.8, 4) is 23.0 Å². The van der Waals surface area contributed by atoms with Gasteiger partial charge in [0.25, 0.3) is 0 Å². The molecule has 33 heavy (non-hydrogen) atoms. The number of piperidine rings is 1. The molecule has 2 aromatic rings. The van der Waals surface area contributed by atoms with Gasteiger partial charge in [-0.05, 0) is 73.7 Å². The van der Waals surface area contributed by atoms with Crippen molar-refractivity contribution in [3.63, 3.8) is 0 Å². The molecule has 2 atom stereocenters. The van der Waals surface area contributed by atoms with Gasteiger partial charge in [-0.2, -0.15) is 0 Å². The monoisotopic (exact) mass is 454 g/mol. The molecule has 178 valence electrons. The summed E-state index contributed by atoms with van der Waals surface area (Å²) in [4.78, 5) is 15.2. The maximum absolute atomic E-state index is 12.7. The Bertz CT molecular complexity index is 917. The van der Waals surface area contributed by atoms with Gasteiger partial charge < -0.3 is 29.5 Å². The molecular weight excluding hydrogens is 420 g/mol. The first kappa shape index (κ1) is 23.2. The molecule has 7 heteroatoms. The number of nitrogens with one attached hydrogen (secondary N) is 1. The van der Waals surface area contributed by atoms with E-state index < -0.39 is 0 Å². The lowest BCUT2D eigenvalue weighted by Crippen LogP contribution is -2.47. The van der Waals surface area contributed by atoms with Crippen LogP contribution in [0.4, 0.5) is 0 Å². The minimum absolute atomic E-state index is 0.000897. The Hall–Kier alpha value is -2.93. The topological polar surface area (TPSA) is 80.3 Å². The predicted molar refractivity (Wildman–Crippen MR) is 126 cm³/mol. The summed E-state index contributed by atoms with van der Waals surface area (Å²) in [5, 5.41) is 12.6. The Kier molecular flexibility index (Phi) is 7.94. The van der Waals surface area contributed by atoms with Crippen molar-refractivity contribution in [2.24, 2.45) is 5.92 Å². The molecule has 0 bridgehead atoms. The summed E-state index contributed by atoms with van der Waals surface area (Å²) >= 11 is 0. The molecule has 2 aromatic carbocycles. The molecule has 2 heterocycles. The average Bonchev–Trinajstić information content (AvgIpc) is 2.80. The quantitative estimate of drug-likeness (QED) is 0.605. The number of aromatic hydroxyl groups is 1. The van der Waals surface area contributed by atoms with Crippen molar-refractivity contribution >= 4 is 5.91 Å². The van der Waals surface area contributed by atoms with Crippen LogP contribution >= 0.6 is 0 Å². The van der Waals surface area contributed by atoms with Crippen LogP contribution in [0.15, 0.2) is 42.5 Å². The summed E-state index contributed by atoms with van der Waals surface area (Å²) in [5.41, 5.74) is 1.12. The van der Waals surface area contributed by atoms with Crippen molar-refractivity contribution in [1.29, 1.82) is 0 Å². The number of likely N-dealkylation sites (tertiary alicyclic amines) is 1. The Morgan fingerprint density at radius 1 is 1.18 bits per heavy atom. The fraction of sp³-hybridized carbons (Fsp3) is 0.500. The van der Waals surface area contributed by atoms with Crippen molar-refractivity contribution in [1.82, 2.24) is 10.2 Å². The van der Waals surface area contributed by atoms with Gasteiger partial charge in [0.15, 0.2) is 11.5 Å². The third kappa shape index (κ3) is 7.02. The number of nitrogens with zero attached hydrogens (tertiary/aromatic N) is 1. The number of ether oxygens (including phenoxy) is 3. The molecule has 1 saturated heterocycles. The number of carbonyl (C=O) groups excluding carboxylic acids is 1. The fourth-order valence-electron chi connectivity index (χ4n) is 4.53. The third-order valence-electron chi connectivity index (χ3n) is 6.11. The van der Waals surface area contributed by atoms with Gasteiger partial charge >= 0.3 is 0 Å². The van der Waals surface area contributed by atoms with Crippen LogP contribution in [0, 0.1) is 5.92 Å². The normalized spacial score (nSPS) is 19.0. The first-order valence-electron chi connectivity index (χ1n) is 11.9. The molecule has 2 aliphatic heterocycles. The van der Waals surface area contributed by atoms with Crippen LogP contribution in [-0.4, -0.2) is 61.4 Å². The van der Waals surface area contributed by atoms with Crippen molar-refractivity contribution < 1.29 is 24.1 Å². The van der Waals surface area contributed by atoms with Gasteiger partial charge in [0.2, 0.25) is 5.91 Å². The second kappa shape index (κ2) is 11.3. The highest BCUT2D eigenvalue weighted by molar-refractivity contribution is 5.76. The second-order valence-electron chi connectivity index (χ2n) is 9.05. The molecule has 0 aliphatic carbocycles. The largest absolute Gasteiger partial charge is 0.508 e. The lowest BCUT2D eigenvalue weighted by Gasteiger charge is -2.34. The SMILES string of the molecule is CC1CCCN(C[C@H](Cc2ccc3c(c2)OCCO3)NC(=O)CCOc2ccc(O)cc2)C1. The van der Waals surface area contributed by atoms with Crippen LogP contribution in [0.25, 0.3) is 0 Å². The van der Waals surface area contributed by atoms with Crippen molar-refractivity contribution in [2.45, 2.75) is 38.6 Å². The number of fused-ring (bicyclic) bond motifs is 1. The van der Waals surface area contributed by atoms with Gasteiger partial charge in [-0.25, -0.2) is 0 Å². The lowest BCUT2D eigenvalue weighted by molar-refractivity contribution is -0.122. The summed E-state index contributed by atoms with van der Waals surface area (Å²) in [6, 6.07) is 12.6. The van der Waals surface area contributed by atoms with Gasteiger partial charge in [0.05, 0.1) is 13.0 Å². The highest BCUT2D eigenvalue weighted by atomic mass is 16.6. The number of phenols is 1. The minimum atomic E-state index is -0.0265. The Labute approximate surface area is 195 Å². The zero-order chi connectivity index (χ0) is 23.0. The molecule has 1 unspecified atom stereocenters. The van der Waals surface area contributed by atoms with E-state index in [9.17, 15) is 9.90 Å². The first-order valence-corrected chi connectivity index (χ1v) is 11.9. The number of hydrogen-bond donors (Lipinski definition) is 2. The molecule has 1 amide bonds. The van der Waals surface area contributed by atoms with E-state index >= 15 is 0 Å². The molecule has 0 spiro atoms. The van der Waals surface area contributed by atoms with Gasteiger partial charge in [-0.1, -0.05) is 13.0 Å². The van der Waals surface area contributed by atoms with Crippen LogP contribution < -0.4 is 19.5 Å². The van der Waals surface area contributed by atoms with E-state index in [1.807, 2.05) is 12.1 Å². The Morgan fingerprint density at radius 2 is 1.97 bits per heavy atom. The zero-order valence-electron chi connectivity index (χ0n) is 19.3. The van der Waals surface area contributed by atoms with E-state index in [-0.39, 0.29) is 30.7 Å². The summed E-state index contributed by atoms with van der Waals surface area (Å²) in [6.45, 7) is 6.67. The summed E-state index contributed by atoms with van der Waals surface area (Å²) in [6.07, 6.45) is 3.47. The van der Waals surface area contributed by atoms with Crippen LogP contribution in [0.1, 0.15) is 31.7 Å². The molecule has 2 aliphatic rings. The van der Waals surface area contributed by atoms with E-state index in [0.29, 0.717) is 24.9 Å². The average molecular weight is 455 g/mol. The predicted octanol–water partition coefficient (Wildman–Crippen LogP) is 3.39. The maximum Gasteiger partial charge on any atom is 0.223 e. The van der Waals surface area contributed by atoms with E-state index in [0.717, 1.165) is 43.1 Å². The minimum Gasteiger partial charge on any atom is -0.508 e. The van der Waals surface area contributed by atoms with E-state index in [4.69, 9.17) is 14.2 Å². The summed E-state index contributed by atoms with van der Waals surface area (Å²) in [7, 11) is 0. The number of rotatable bonds is 9. The van der Waals surface area contributed by atoms with E-state index in [2.05, 4.69) is 23.2 Å². The molecule has 0 saturated carbocycles. The number of benzene rings is 2. The van der Waals surface area contributed by atoms with Gasteiger partial charge in [0.1, 0.15) is 24.7 Å². The van der Waals surface area contributed by atoms with Crippen LogP contribution in [0.2, 0.25) is 0 Å². The van der Waals surface area contributed by atoms with Crippen LogP contribution in [0.3, 0.4) is 0 Å². The lowest BCUT2D eigenvalue weighted by atomic mass is 9.98. The Balaban J connectivity index is 1.35. The van der Waals surface area contributed by atoms with E-state index in [1.165, 1.54) is 12.8 Å².